The second-order valence-electron chi connectivity index (χ2n) is 6.83. The number of nitrogens with zero attached hydrogens (tertiary/aromatic N) is 4. The third kappa shape index (κ3) is 6.60. The quantitative estimate of drug-likeness (QED) is 0.435. The van der Waals surface area contributed by atoms with Gasteiger partial charge in [-0.2, -0.15) is 5.10 Å². The molecule has 6 heteroatoms. The Morgan fingerprint density at radius 2 is 2.00 bits per heavy atom. The van der Waals surface area contributed by atoms with Crippen LogP contribution in [-0.2, 0) is 6.54 Å². The predicted octanol–water partition coefficient (Wildman–Crippen LogP) is 1.79. The van der Waals surface area contributed by atoms with Gasteiger partial charge in [0.05, 0.1) is 12.2 Å². The number of aryl methyl sites for hydroxylation is 3. The van der Waals surface area contributed by atoms with Gasteiger partial charge in [0.15, 0.2) is 5.96 Å². The molecule has 0 atom stereocenters. The van der Waals surface area contributed by atoms with E-state index in [9.17, 15) is 0 Å². The van der Waals surface area contributed by atoms with Crippen LogP contribution in [0.4, 0.5) is 0 Å². The van der Waals surface area contributed by atoms with Crippen molar-refractivity contribution in [3.8, 4) is 0 Å². The van der Waals surface area contributed by atoms with Gasteiger partial charge in [0, 0.05) is 30.9 Å². The molecule has 0 aliphatic rings. The highest BCUT2D eigenvalue weighted by atomic mass is 15.3. The lowest BCUT2D eigenvalue weighted by atomic mass is 10.1. The first kappa shape index (κ1) is 19.5. The van der Waals surface area contributed by atoms with Crippen LogP contribution in [-0.4, -0.2) is 59.9 Å². The van der Waals surface area contributed by atoms with Crippen LogP contribution in [0.5, 0.6) is 0 Å². The van der Waals surface area contributed by atoms with E-state index < -0.39 is 0 Å². The highest BCUT2D eigenvalue weighted by molar-refractivity contribution is 5.79. The summed E-state index contributed by atoms with van der Waals surface area (Å²) in [6, 6.07) is 2.11. The lowest BCUT2D eigenvalue weighted by Crippen LogP contribution is -2.44. The molecule has 0 fully saturated rings. The van der Waals surface area contributed by atoms with E-state index >= 15 is 0 Å². The maximum absolute atomic E-state index is 4.70. The Kier molecular flexibility index (Phi) is 7.55. The van der Waals surface area contributed by atoms with Crippen LogP contribution in [0.15, 0.2) is 11.1 Å². The van der Waals surface area contributed by atoms with E-state index in [4.69, 9.17) is 4.99 Å². The van der Waals surface area contributed by atoms with Gasteiger partial charge in [-0.25, -0.2) is 0 Å². The molecule has 0 saturated carbocycles. The average molecular weight is 323 g/mol. The summed E-state index contributed by atoms with van der Waals surface area (Å²) in [6.45, 7) is 14.0. The van der Waals surface area contributed by atoms with Crippen molar-refractivity contribution in [1.29, 1.82) is 0 Å². The number of hydrogen-bond donors (Lipinski definition) is 2. The fourth-order valence-corrected chi connectivity index (χ4v) is 2.09. The summed E-state index contributed by atoms with van der Waals surface area (Å²) in [4.78, 5) is 6.90. The van der Waals surface area contributed by atoms with Crippen LogP contribution in [0.1, 0.15) is 38.6 Å². The Morgan fingerprint density at radius 3 is 2.52 bits per heavy atom. The molecule has 0 unspecified atom stereocenters. The Bertz CT molecular complexity index is 501. The fraction of sp³-hybridized carbons (Fsp3) is 0.765. The highest BCUT2D eigenvalue weighted by Crippen LogP contribution is 2.09. The Hall–Kier alpha value is -1.56. The normalized spacial score (nSPS) is 12.8. The van der Waals surface area contributed by atoms with Crippen LogP contribution in [0, 0.1) is 13.8 Å². The molecule has 1 heterocycles. The topological polar surface area (TPSA) is 57.5 Å². The molecule has 132 valence electrons. The fourth-order valence-electron chi connectivity index (χ4n) is 2.09. The van der Waals surface area contributed by atoms with E-state index in [0.717, 1.165) is 44.3 Å². The number of nitrogens with one attached hydrogen (secondary N) is 2. The zero-order valence-corrected chi connectivity index (χ0v) is 15.9. The number of guanidine groups is 1. The van der Waals surface area contributed by atoms with E-state index in [-0.39, 0.29) is 5.54 Å². The van der Waals surface area contributed by atoms with Gasteiger partial charge >= 0.3 is 0 Å². The van der Waals surface area contributed by atoms with Gasteiger partial charge in [-0.1, -0.05) is 0 Å². The second kappa shape index (κ2) is 8.91. The van der Waals surface area contributed by atoms with Crippen molar-refractivity contribution in [2.75, 3.05) is 33.7 Å². The molecular formula is C17H34N6. The zero-order valence-electron chi connectivity index (χ0n) is 15.9. The third-order valence-electron chi connectivity index (χ3n) is 4.12. The molecule has 0 amide bonds. The summed E-state index contributed by atoms with van der Waals surface area (Å²) >= 11 is 0. The van der Waals surface area contributed by atoms with Gasteiger partial charge in [-0.15, -0.1) is 0 Å². The molecule has 0 aliphatic heterocycles. The van der Waals surface area contributed by atoms with Crippen molar-refractivity contribution in [3.63, 3.8) is 0 Å². The van der Waals surface area contributed by atoms with Crippen molar-refractivity contribution < 1.29 is 0 Å². The number of rotatable bonds is 8. The van der Waals surface area contributed by atoms with Crippen molar-refractivity contribution in [2.24, 2.45) is 4.99 Å². The minimum Gasteiger partial charge on any atom is -0.357 e. The van der Waals surface area contributed by atoms with Crippen LogP contribution in [0.2, 0.25) is 0 Å². The van der Waals surface area contributed by atoms with Crippen molar-refractivity contribution in [1.82, 2.24) is 25.3 Å². The number of aliphatic imine (C=N–C) groups is 1. The monoisotopic (exact) mass is 322 g/mol. The lowest BCUT2D eigenvalue weighted by Gasteiger charge is -2.31. The molecule has 0 spiro atoms. The highest BCUT2D eigenvalue weighted by Gasteiger charge is 2.19. The second-order valence-corrected chi connectivity index (χ2v) is 6.83. The molecule has 0 saturated heterocycles. The van der Waals surface area contributed by atoms with E-state index in [2.05, 4.69) is 73.2 Å². The molecule has 1 rings (SSSR count). The summed E-state index contributed by atoms with van der Waals surface area (Å²) < 4.78 is 2.07. The van der Waals surface area contributed by atoms with Crippen molar-refractivity contribution >= 4 is 5.96 Å². The summed E-state index contributed by atoms with van der Waals surface area (Å²) in [6.07, 6.45) is 1.02. The molecule has 1 aromatic heterocycles. The summed E-state index contributed by atoms with van der Waals surface area (Å²) in [5, 5.41) is 11.2. The average Bonchev–Trinajstić information content (AvgIpc) is 2.78. The minimum atomic E-state index is 0.0477. The molecule has 0 bridgehead atoms. The summed E-state index contributed by atoms with van der Waals surface area (Å²) in [7, 11) is 4.18. The van der Waals surface area contributed by atoms with Crippen LogP contribution < -0.4 is 10.6 Å². The summed E-state index contributed by atoms with van der Waals surface area (Å²) in [5.41, 5.74) is 2.35. The standard InChI is InChI=1S/C17H34N6/c1-8-18-16(20-13-17(4,5)22(6)7)19-10-9-11-23-15(3)12-14(2)21-23/h12H,8-11,13H2,1-7H3,(H2,18,19,20). The maximum atomic E-state index is 4.70. The smallest absolute Gasteiger partial charge is 0.191 e. The SMILES string of the molecule is CCNC(=NCC(C)(C)N(C)C)NCCCn1nc(C)cc1C. The number of likely N-dealkylation sites (N-methyl/N-ethyl adjacent to an activating group) is 1. The van der Waals surface area contributed by atoms with Gasteiger partial charge in [-0.3, -0.25) is 9.67 Å². The van der Waals surface area contributed by atoms with Crippen molar-refractivity contribution in [2.45, 2.75) is 53.1 Å². The van der Waals surface area contributed by atoms with Gasteiger partial charge in [0.2, 0.25) is 0 Å². The maximum Gasteiger partial charge on any atom is 0.191 e. The lowest BCUT2D eigenvalue weighted by molar-refractivity contribution is 0.204. The van der Waals surface area contributed by atoms with Crippen LogP contribution in [0.25, 0.3) is 0 Å². The summed E-state index contributed by atoms with van der Waals surface area (Å²) in [5.74, 6) is 0.885. The zero-order chi connectivity index (χ0) is 17.5. The van der Waals surface area contributed by atoms with E-state index in [1.165, 1.54) is 5.69 Å². The van der Waals surface area contributed by atoms with E-state index in [1.807, 2.05) is 6.92 Å². The van der Waals surface area contributed by atoms with Crippen LogP contribution >= 0.6 is 0 Å². The van der Waals surface area contributed by atoms with Gasteiger partial charge < -0.3 is 15.5 Å². The Labute approximate surface area is 141 Å². The van der Waals surface area contributed by atoms with E-state index in [1.54, 1.807) is 0 Å². The predicted molar refractivity (Wildman–Crippen MR) is 98.1 cm³/mol. The Morgan fingerprint density at radius 1 is 1.30 bits per heavy atom. The molecule has 0 radical (unpaired) electrons. The number of aromatic nitrogens is 2. The van der Waals surface area contributed by atoms with Crippen LogP contribution in [0.3, 0.4) is 0 Å². The van der Waals surface area contributed by atoms with Gasteiger partial charge in [-0.05, 0) is 61.2 Å². The molecule has 6 nitrogen and oxygen atoms in total. The first-order valence-electron chi connectivity index (χ1n) is 8.47. The molecule has 2 N–H and O–H groups in total. The number of hydrogen-bond acceptors (Lipinski definition) is 3. The Balaban J connectivity index is 2.45. The van der Waals surface area contributed by atoms with Crippen molar-refractivity contribution in [3.05, 3.63) is 17.5 Å². The van der Waals surface area contributed by atoms with Gasteiger partial charge in [0.25, 0.3) is 0 Å². The molecule has 1 aromatic rings. The minimum absolute atomic E-state index is 0.0477. The first-order chi connectivity index (χ1) is 10.8. The molecule has 23 heavy (non-hydrogen) atoms. The third-order valence-corrected chi connectivity index (χ3v) is 4.12. The van der Waals surface area contributed by atoms with Gasteiger partial charge in [0.1, 0.15) is 0 Å². The first-order valence-corrected chi connectivity index (χ1v) is 8.47. The molecular weight excluding hydrogens is 288 g/mol. The molecule has 0 aliphatic carbocycles. The largest absolute Gasteiger partial charge is 0.357 e. The van der Waals surface area contributed by atoms with E-state index in [0.29, 0.717) is 0 Å². The molecule has 0 aromatic carbocycles.